The molecule has 0 fully saturated rings. The topological polar surface area (TPSA) is 45.1 Å². The molecule has 3 heteroatoms. The van der Waals surface area contributed by atoms with Crippen molar-refractivity contribution in [3.8, 4) is 0 Å². The summed E-state index contributed by atoms with van der Waals surface area (Å²) in [5.41, 5.74) is 2.38. The standard InChI is InChI=1S/C4H6N2O/c5-4-2-1-3-7-6-4/h1-2H,3H2,(H2,5,6). The molecule has 0 amide bonds. The van der Waals surface area contributed by atoms with Crippen molar-refractivity contribution in [1.29, 1.82) is 5.41 Å². The summed E-state index contributed by atoms with van der Waals surface area (Å²) in [6, 6.07) is 0. The first-order valence-electron chi connectivity index (χ1n) is 2.02. The van der Waals surface area contributed by atoms with Gasteiger partial charge in [-0.1, -0.05) is 6.08 Å². The van der Waals surface area contributed by atoms with Gasteiger partial charge in [-0.15, -0.1) is 0 Å². The van der Waals surface area contributed by atoms with Gasteiger partial charge in [-0.3, -0.25) is 10.2 Å². The first kappa shape index (κ1) is 4.33. The maximum absolute atomic E-state index is 6.87. The lowest BCUT2D eigenvalue weighted by Crippen LogP contribution is -2.24. The van der Waals surface area contributed by atoms with Crippen LogP contribution in [0.4, 0.5) is 0 Å². The van der Waals surface area contributed by atoms with Gasteiger partial charge in [-0.2, -0.15) is 0 Å². The van der Waals surface area contributed by atoms with Crippen LogP contribution in [0.15, 0.2) is 12.2 Å². The Balaban J connectivity index is 2.51. The monoisotopic (exact) mass is 98.0 g/mol. The molecule has 3 nitrogen and oxygen atoms in total. The number of nitrogens with one attached hydrogen (secondary N) is 2. The number of hydrogen-bond donors (Lipinski definition) is 2. The first-order valence-corrected chi connectivity index (χ1v) is 2.02. The lowest BCUT2D eigenvalue weighted by atomic mass is 10.5. The third-order valence-corrected chi connectivity index (χ3v) is 0.646. The van der Waals surface area contributed by atoms with E-state index in [1.165, 1.54) is 0 Å². The highest BCUT2D eigenvalue weighted by Crippen LogP contribution is 1.82. The van der Waals surface area contributed by atoms with E-state index in [2.05, 4.69) is 10.3 Å². The van der Waals surface area contributed by atoms with Crippen LogP contribution in [0.1, 0.15) is 0 Å². The summed E-state index contributed by atoms with van der Waals surface area (Å²) >= 11 is 0. The van der Waals surface area contributed by atoms with Gasteiger partial charge in [0.25, 0.3) is 0 Å². The molecule has 0 aliphatic carbocycles. The zero-order valence-electron chi connectivity index (χ0n) is 3.77. The minimum absolute atomic E-state index is 0.311. The van der Waals surface area contributed by atoms with Crippen LogP contribution in [0.3, 0.4) is 0 Å². The third-order valence-electron chi connectivity index (χ3n) is 0.646. The summed E-state index contributed by atoms with van der Waals surface area (Å²) in [6.07, 6.45) is 3.43. The van der Waals surface area contributed by atoms with Gasteiger partial charge >= 0.3 is 0 Å². The van der Waals surface area contributed by atoms with Gasteiger partial charge in [-0.25, -0.2) is 5.48 Å². The van der Waals surface area contributed by atoms with Gasteiger partial charge in [0.2, 0.25) is 0 Å². The van der Waals surface area contributed by atoms with Crippen LogP contribution >= 0.6 is 0 Å². The van der Waals surface area contributed by atoms with E-state index in [9.17, 15) is 0 Å². The lowest BCUT2D eigenvalue weighted by molar-refractivity contribution is 0.106. The normalized spacial score (nSPS) is 19.1. The summed E-state index contributed by atoms with van der Waals surface area (Å²) in [4.78, 5) is 4.62. The van der Waals surface area contributed by atoms with Crippen LogP contribution < -0.4 is 5.48 Å². The van der Waals surface area contributed by atoms with E-state index < -0.39 is 0 Å². The van der Waals surface area contributed by atoms with Crippen LogP contribution in [-0.2, 0) is 4.84 Å². The molecule has 38 valence electrons. The van der Waals surface area contributed by atoms with Crippen molar-refractivity contribution in [2.75, 3.05) is 6.61 Å². The molecule has 2 N–H and O–H groups in total. The molecule has 0 saturated heterocycles. The Morgan fingerprint density at radius 2 is 2.71 bits per heavy atom. The zero-order valence-corrected chi connectivity index (χ0v) is 3.77. The van der Waals surface area contributed by atoms with Crippen LogP contribution in [0.25, 0.3) is 0 Å². The first-order chi connectivity index (χ1) is 3.39. The van der Waals surface area contributed by atoms with Crippen LogP contribution in [-0.4, -0.2) is 12.4 Å². The van der Waals surface area contributed by atoms with Gasteiger partial charge in [0.15, 0.2) is 0 Å². The molecule has 7 heavy (non-hydrogen) atoms. The number of hydrogen-bond acceptors (Lipinski definition) is 2. The zero-order chi connectivity index (χ0) is 5.11. The molecular weight excluding hydrogens is 92.1 g/mol. The second-order valence-electron chi connectivity index (χ2n) is 1.23. The van der Waals surface area contributed by atoms with Crippen LogP contribution in [0, 0.1) is 5.41 Å². The fourth-order valence-corrected chi connectivity index (χ4v) is 0.368. The second-order valence-corrected chi connectivity index (χ2v) is 1.23. The van der Waals surface area contributed by atoms with E-state index in [0.29, 0.717) is 12.4 Å². The summed E-state index contributed by atoms with van der Waals surface area (Å²) in [5, 5.41) is 6.87. The van der Waals surface area contributed by atoms with Crippen molar-refractivity contribution in [1.82, 2.24) is 5.48 Å². The fourth-order valence-electron chi connectivity index (χ4n) is 0.368. The largest absolute Gasteiger partial charge is 0.283 e. The van der Waals surface area contributed by atoms with E-state index in [-0.39, 0.29) is 0 Å². The maximum Gasteiger partial charge on any atom is 0.141 e. The molecular formula is C4H6N2O. The molecule has 0 aromatic heterocycles. The SMILES string of the molecule is N=C1C=CCON1. The van der Waals surface area contributed by atoms with Crippen molar-refractivity contribution in [2.45, 2.75) is 0 Å². The van der Waals surface area contributed by atoms with E-state index in [1.807, 2.05) is 0 Å². The number of rotatable bonds is 0. The maximum atomic E-state index is 6.87. The highest BCUT2D eigenvalue weighted by atomic mass is 16.6. The van der Waals surface area contributed by atoms with E-state index in [4.69, 9.17) is 5.41 Å². The Kier molecular flexibility index (Phi) is 1.08. The number of hydroxylamine groups is 1. The molecule has 1 rings (SSSR count). The molecule has 0 spiro atoms. The molecule has 1 aliphatic rings. The van der Waals surface area contributed by atoms with E-state index >= 15 is 0 Å². The average molecular weight is 98.1 g/mol. The smallest absolute Gasteiger partial charge is 0.141 e. The molecule has 1 heterocycles. The van der Waals surface area contributed by atoms with Crippen molar-refractivity contribution in [2.24, 2.45) is 0 Å². The minimum Gasteiger partial charge on any atom is -0.283 e. The summed E-state index contributed by atoms with van der Waals surface area (Å²) in [6.45, 7) is 0.558. The van der Waals surface area contributed by atoms with Crippen LogP contribution in [0.5, 0.6) is 0 Å². The third kappa shape index (κ3) is 1.01. The molecule has 0 bridgehead atoms. The van der Waals surface area contributed by atoms with E-state index in [1.54, 1.807) is 12.2 Å². The average Bonchev–Trinajstić information content (AvgIpc) is 1.69. The quantitative estimate of drug-likeness (QED) is 0.449. The van der Waals surface area contributed by atoms with Gasteiger partial charge in [0.1, 0.15) is 5.84 Å². The molecule has 0 atom stereocenters. The summed E-state index contributed by atoms with van der Waals surface area (Å²) in [7, 11) is 0. The van der Waals surface area contributed by atoms with Crippen molar-refractivity contribution < 1.29 is 4.84 Å². The Morgan fingerprint density at radius 3 is 3.00 bits per heavy atom. The molecule has 0 unspecified atom stereocenters. The Labute approximate surface area is 41.4 Å². The Hall–Kier alpha value is -0.830. The number of amidine groups is 1. The van der Waals surface area contributed by atoms with Crippen molar-refractivity contribution >= 4 is 5.84 Å². The van der Waals surface area contributed by atoms with Gasteiger partial charge in [-0.05, 0) is 6.08 Å². The van der Waals surface area contributed by atoms with Gasteiger partial charge < -0.3 is 0 Å². The predicted octanol–water partition coefficient (Wildman–Crippen LogP) is 0.0547. The molecule has 0 radical (unpaired) electrons. The van der Waals surface area contributed by atoms with Gasteiger partial charge in [0, 0.05) is 0 Å². The summed E-state index contributed by atoms with van der Waals surface area (Å²) in [5.74, 6) is 0.311. The highest BCUT2D eigenvalue weighted by Gasteiger charge is 1.92. The molecule has 0 aromatic carbocycles. The second kappa shape index (κ2) is 1.75. The molecule has 0 saturated carbocycles. The Morgan fingerprint density at radius 1 is 1.86 bits per heavy atom. The molecule has 0 aromatic rings. The lowest BCUT2D eigenvalue weighted by Gasteiger charge is -2.05. The predicted molar refractivity (Wildman–Crippen MR) is 26.0 cm³/mol. The van der Waals surface area contributed by atoms with Crippen molar-refractivity contribution in [3.05, 3.63) is 12.2 Å². The minimum atomic E-state index is 0.311. The fraction of sp³-hybridized carbons (Fsp3) is 0.250. The van der Waals surface area contributed by atoms with Crippen LogP contribution in [0.2, 0.25) is 0 Å². The van der Waals surface area contributed by atoms with Gasteiger partial charge in [0.05, 0.1) is 6.61 Å². The highest BCUT2D eigenvalue weighted by molar-refractivity contribution is 5.89. The molecule has 1 aliphatic heterocycles. The Bertz CT molecular complexity index is 108. The van der Waals surface area contributed by atoms with Crippen molar-refractivity contribution in [3.63, 3.8) is 0 Å². The van der Waals surface area contributed by atoms with E-state index in [0.717, 1.165) is 0 Å². The summed E-state index contributed by atoms with van der Waals surface area (Å²) < 4.78 is 0.